The topological polar surface area (TPSA) is 124 Å². The predicted molar refractivity (Wildman–Crippen MR) is 176 cm³/mol. The van der Waals surface area contributed by atoms with Crippen LogP contribution < -0.4 is 5.73 Å². The summed E-state index contributed by atoms with van der Waals surface area (Å²) in [6.45, 7) is 15.8. The minimum atomic E-state index is -0.782. The molecule has 10 heteroatoms. The van der Waals surface area contributed by atoms with Gasteiger partial charge >= 0.3 is 12.2 Å². The number of nitrogens with zero attached hydrogens (tertiary/aromatic N) is 2. The molecule has 2 aliphatic heterocycles. The normalized spacial score (nSPS) is 48.6. The van der Waals surface area contributed by atoms with E-state index in [9.17, 15) is 14.7 Å². The van der Waals surface area contributed by atoms with Crippen LogP contribution in [0.5, 0.6) is 0 Å². The van der Waals surface area contributed by atoms with E-state index in [2.05, 4.69) is 41.5 Å². The average Bonchev–Trinajstić information content (AvgIpc) is 3.65. The van der Waals surface area contributed by atoms with Crippen LogP contribution in [0.4, 0.5) is 9.59 Å². The van der Waals surface area contributed by atoms with Crippen molar-refractivity contribution in [3.63, 3.8) is 0 Å². The minimum absolute atomic E-state index is 0.0763. The summed E-state index contributed by atoms with van der Waals surface area (Å²) in [6, 6.07) is 0. The van der Waals surface area contributed by atoms with Gasteiger partial charge in [0.2, 0.25) is 0 Å². The Bertz CT molecular complexity index is 1250. The van der Waals surface area contributed by atoms with Gasteiger partial charge in [0.25, 0.3) is 0 Å². The number of carbonyl (C=O) groups excluding carboxylic acids is 2. The van der Waals surface area contributed by atoms with E-state index < -0.39 is 17.7 Å². The largest absolute Gasteiger partial charge is 0.446 e. The van der Waals surface area contributed by atoms with E-state index in [0.717, 1.165) is 51.4 Å². The number of aliphatic hydroxyl groups excluding tert-OH is 1. The first-order chi connectivity index (χ1) is 22.0. The van der Waals surface area contributed by atoms with Crippen molar-refractivity contribution in [1.29, 1.82) is 0 Å². The van der Waals surface area contributed by atoms with E-state index in [-0.39, 0.29) is 75.8 Å². The summed E-state index contributed by atoms with van der Waals surface area (Å²) in [5.41, 5.74) is 6.94. The molecule has 7 rings (SSSR count). The molecule has 0 aromatic carbocycles. The van der Waals surface area contributed by atoms with E-state index in [1.807, 2.05) is 0 Å². The van der Waals surface area contributed by atoms with Gasteiger partial charge in [0.15, 0.2) is 0 Å². The molecule has 5 saturated carbocycles. The summed E-state index contributed by atoms with van der Waals surface area (Å²) in [6.07, 6.45) is 5.50. The van der Waals surface area contributed by atoms with Crippen molar-refractivity contribution in [1.82, 2.24) is 9.80 Å². The van der Waals surface area contributed by atoms with Gasteiger partial charge in [-0.05, 0) is 97.2 Å². The molecule has 3 N–H and O–H groups in total. The van der Waals surface area contributed by atoms with Crippen LogP contribution in [0.15, 0.2) is 0 Å². The van der Waals surface area contributed by atoms with Crippen LogP contribution in [0.1, 0.15) is 92.9 Å². The van der Waals surface area contributed by atoms with Gasteiger partial charge in [-0.3, -0.25) is 0 Å². The Hall–Kier alpha value is -1.62. The standard InChI is InChI=1S/C37H61N3O7/c1-21(2)28(47-31(42)39(7)8)23-19-22(3)27-29(45-23)30(41)37(38)25-10-9-24-33(4,5)26(46-32(43)40-15-17-44-18-16-40)11-12-35(24)20-36(25,35)14-13-34(27,37)6/h21-30,41H,9-20,38H2,1-8H3/t22-,23?,24?,25?,26+,27+,28-,29?,30+,34?,35?,36-,37+/m1/s1. The van der Waals surface area contributed by atoms with E-state index in [0.29, 0.717) is 32.2 Å². The van der Waals surface area contributed by atoms with Crippen LogP contribution in [0, 0.1) is 51.2 Å². The lowest BCUT2D eigenvalue weighted by molar-refractivity contribution is -0.179. The molecule has 2 heterocycles. The lowest BCUT2D eigenvalue weighted by atomic mass is 9.43. The average molecular weight is 660 g/mol. The number of nitrogens with two attached hydrogens (primary N) is 1. The fraction of sp³-hybridized carbons (Fsp3) is 0.946. The second-order valence-electron chi connectivity index (χ2n) is 18.2. The molecule has 0 aromatic heterocycles. The van der Waals surface area contributed by atoms with E-state index in [4.69, 9.17) is 24.7 Å². The summed E-state index contributed by atoms with van der Waals surface area (Å²) in [7, 11) is 3.40. The number of ether oxygens (including phenoxy) is 4. The first-order valence-electron chi connectivity index (χ1n) is 18.6. The number of rotatable bonds is 4. The van der Waals surface area contributed by atoms with Crippen molar-refractivity contribution in [2.45, 2.75) is 129 Å². The third-order valence-corrected chi connectivity index (χ3v) is 15.4. The number of fused-ring (bicyclic) bond motifs is 4. The Morgan fingerprint density at radius 3 is 2.32 bits per heavy atom. The quantitative estimate of drug-likeness (QED) is 0.430. The van der Waals surface area contributed by atoms with Crippen LogP contribution >= 0.6 is 0 Å². The first kappa shape index (κ1) is 33.9. The summed E-state index contributed by atoms with van der Waals surface area (Å²) in [4.78, 5) is 29.1. The van der Waals surface area contributed by atoms with Crippen LogP contribution in [0.2, 0.25) is 0 Å². The van der Waals surface area contributed by atoms with E-state index >= 15 is 0 Å². The van der Waals surface area contributed by atoms with Gasteiger partial charge in [0.05, 0.1) is 37.1 Å². The third kappa shape index (κ3) is 4.55. The fourth-order valence-electron chi connectivity index (χ4n) is 13.2. The molecule has 266 valence electrons. The van der Waals surface area contributed by atoms with Crippen LogP contribution in [-0.2, 0) is 18.9 Å². The molecule has 2 saturated heterocycles. The smallest absolute Gasteiger partial charge is 0.410 e. The Kier molecular flexibility index (Phi) is 8.06. The second-order valence-corrected chi connectivity index (χ2v) is 18.2. The van der Waals surface area contributed by atoms with Crippen molar-refractivity contribution in [2.24, 2.45) is 57.0 Å². The van der Waals surface area contributed by atoms with Crippen molar-refractivity contribution in [3.8, 4) is 0 Å². The zero-order valence-corrected chi connectivity index (χ0v) is 30.1. The Balaban J connectivity index is 1.13. The predicted octanol–water partition coefficient (Wildman–Crippen LogP) is 5.05. The van der Waals surface area contributed by atoms with Gasteiger partial charge in [0, 0.05) is 32.6 Å². The van der Waals surface area contributed by atoms with Crippen molar-refractivity contribution < 1.29 is 33.6 Å². The molecule has 47 heavy (non-hydrogen) atoms. The highest BCUT2D eigenvalue weighted by atomic mass is 16.6. The third-order valence-electron chi connectivity index (χ3n) is 15.4. The van der Waals surface area contributed by atoms with Gasteiger partial charge in [-0.25, -0.2) is 9.59 Å². The zero-order valence-electron chi connectivity index (χ0n) is 30.1. The molecule has 7 aliphatic rings. The van der Waals surface area contributed by atoms with Crippen LogP contribution in [-0.4, -0.2) is 104 Å². The number of morpholine rings is 1. The molecule has 2 amide bonds. The molecular weight excluding hydrogens is 598 g/mol. The van der Waals surface area contributed by atoms with E-state index in [1.54, 1.807) is 19.0 Å². The van der Waals surface area contributed by atoms with Crippen LogP contribution in [0.25, 0.3) is 0 Å². The maximum Gasteiger partial charge on any atom is 0.410 e. The summed E-state index contributed by atoms with van der Waals surface area (Å²) >= 11 is 0. The van der Waals surface area contributed by atoms with Gasteiger partial charge in [0.1, 0.15) is 12.2 Å². The van der Waals surface area contributed by atoms with E-state index in [1.165, 1.54) is 4.90 Å². The number of aliphatic hydroxyl groups is 1. The SMILES string of the molecule is CC(C)[C@@H](OC(=O)N(C)C)C1C[C@@H](C)[C@H]2C(O1)[C@H](O)[C@@]1(N)C3CCC4C(C)(C)[C@@H](OC(=O)N5CCOCC5)CCC45C[C@]35CCC21C. The Morgan fingerprint density at radius 1 is 1.00 bits per heavy atom. The highest BCUT2D eigenvalue weighted by molar-refractivity contribution is 5.68. The molecule has 6 unspecified atom stereocenters. The summed E-state index contributed by atoms with van der Waals surface area (Å²) in [5, 5.41) is 12.5. The molecule has 2 spiro atoms. The maximum atomic E-state index is 13.2. The second kappa shape index (κ2) is 11.2. The molecule has 13 atom stereocenters. The van der Waals surface area contributed by atoms with Crippen LogP contribution in [0.3, 0.4) is 0 Å². The van der Waals surface area contributed by atoms with Gasteiger partial charge < -0.3 is 39.6 Å². The number of hydrogen-bond donors (Lipinski definition) is 2. The fourth-order valence-corrected chi connectivity index (χ4v) is 13.2. The summed E-state index contributed by atoms with van der Waals surface area (Å²) < 4.78 is 24.6. The molecule has 5 aliphatic carbocycles. The summed E-state index contributed by atoms with van der Waals surface area (Å²) in [5.74, 6) is 1.17. The lowest BCUT2D eigenvalue weighted by Crippen LogP contribution is -2.70. The Labute approximate surface area is 281 Å². The monoisotopic (exact) mass is 659 g/mol. The number of carbonyl (C=O) groups is 2. The van der Waals surface area contributed by atoms with Crippen molar-refractivity contribution in [2.75, 3.05) is 40.4 Å². The van der Waals surface area contributed by atoms with Gasteiger partial charge in [-0.15, -0.1) is 0 Å². The molecular formula is C37H61N3O7. The van der Waals surface area contributed by atoms with Gasteiger partial charge in [-0.1, -0.05) is 41.5 Å². The maximum absolute atomic E-state index is 13.2. The zero-order chi connectivity index (χ0) is 33.9. The number of amides is 2. The molecule has 0 aromatic rings. The lowest BCUT2D eigenvalue weighted by Gasteiger charge is -2.63. The molecule has 7 fully saturated rings. The highest BCUT2D eigenvalue weighted by Gasteiger charge is 2.85. The molecule has 0 radical (unpaired) electrons. The molecule has 10 nitrogen and oxygen atoms in total. The highest BCUT2D eigenvalue weighted by Crippen LogP contribution is 2.87. The Morgan fingerprint density at radius 2 is 1.66 bits per heavy atom. The van der Waals surface area contributed by atoms with Gasteiger partial charge in [-0.2, -0.15) is 0 Å². The molecule has 0 bridgehead atoms. The number of hydrogen-bond acceptors (Lipinski definition) is 8. The first-order valence-corrected chi connectivity index (χ1v) is 18.6. The minimum Gasteiger partial charge on any atom is -0.446 e. The van der Waals surface area contributed by atoms with Crippen molar-refractivity contribution >= 4 is 12.2 Å². The van der Waals surface area contributed by atoms with Crippen molar-refractivity contribution in [3.05, 3.63) is 0 Å².